The molecule has 6 nitrogen and oxygen atoms in total. The highest BCUT2D eigenvalue weighted by molar-refractivity contribution is 5.46. The molecule has 0 amide bonds. The van der Waals surface area contributed by atoms with E-state index in [0.717, 1.165) is 6.34 Å². The first-order chi connectivity index (χ1) is 4.31. The number of aromatic nitrogens is 3. The molecule has 1 rings (SSSR count). The van der Waals surface area contributed by atoms with Gasteiger partial charge >= 0.3 is 0 Å². The van der Waals surface area contributed by atoms with Gasteiger partial charge in [-0.05, 0) is 0 Å². The van der Waals surface area contributed by atoms with E-state index in [9.17, 15) is 0 Å². The van der Waals surface area contributed by atoms with E-state index in [0.29, 0.717) is 5.82 Å². The monoisotopic (exact) mass is 128 g/mol. The molecule has 0 saturated carbocycles. The number of nitrogens with two attached hydrogens (primary N) is 2. The van der Waals surface area contributed by atoms with Crippen LogP contribution in [0, 0.1) is 5.41 Å². The van der Waals surface area contributed by atoms with E-state index in [4.69, 9.17) is 11.1 Å². The lowest BCUT2D eigenvalue weighted by atomic mass is 10.8. The molecule has 50 valence electrons. The molecule has 1 aromatic heterocycles. The van der Waals surface area contributed by atoms with Gasteiger partial charge in [0.2, 0.25) is 0 Å². The minimum absolute atomic E-state index is 0.426. The van der Waals surface area contributed by atoms with E-state index >= 15 is 0 Å². The average molecular weight is 128 g/mol. The molecule has 0 spiro atoms. The van der Waals surface area contributed by atoms with Crippen LogP contribution in [0.3, 0.4) is 0 Å². The number of nitrogens with zero attached hydrogens (tertiary/aromatic N) is 2. The molecule has 1 heterocycles. The Bertz CT molecular complexity index is 143. The van der Waals surface area contributed by atoms with Crippen LogP contribution in [0.1, 0.15) is 0 Å². The second-order valence-electron chi connectivity index (χ2n) is 1.06. The number of aromatic amines is 1. The zero-order valence-corrected chi connectivity index (χ0v) is 4.70. The molecule has 0 aromatic carbocycles. The molecule has 0 radical (unpaired) electrons. The van der Waals surface area contributed by atoms with Crippen LogP contribution in [-0.2, 0) is 0 Å². The van der Waals surface area contributed by atoms with Crippen LogP contribution in [0.2, 0.25) is 0 Å². The summed E-state index contributed by atoms with van der Waals surface area (Å²) in [4.78, 5) is 0. The third-order valence-electron chi connectivity index (χ3n) is 0.434. The molecule has 6 N–H and O–H groups in total. The standard InChI is InChI=1S/C2H4N4.CH4N2/c3-2-1-4-6-5-2;2-1-3/h1H,(H3,3,4,5,6);1H,(H3,2,3). The summed E-state index contributed by atoms with van der Waals surface area (Å²) >= 11 is 0. The van der Waals surface area contributed by atoms with Crippen molar-refractivity contribution in [2.75, 3.05) is 5.73 Å². The second kappa shape index (κ2) is 4.57. The summed E-state index contributed by atoms with van der Waals surface area (Å²) in [7, 11) is 0. The van der Waals surface area contributed by atoms with Gasteiger partial charge < -0.3 is 11.5 Å². The maximum Gasteiger partial charge on any atom is 0.165 e. The summed E-state index contributed by atoms with van der Waals surface area (Å²) in [6, 6.07) is 0. The fourth-order valence-electron chi connectivity index (χ4n) is 0.210. The summed E-state index contributed by atoms with van der Waals surface area (Å²) in [5, 5.41) is 15.1. The molecule has 6 heteroatoms. The van der Waals surface area contributed by atoms with Gasteiger partial charge in [0.05, 0.1) is 12.5 Å². The molecule has 0 aliphatic rings. The van der Waals surface area contributed by atoms with Crippen LogP contribution in [-0.4, -0.2) is 21.7 Å². The van der Waals surface area contributed by atoms with Crippen LogP contribution in [0.4, 0.5) is 5.82 Å². The number of hydrogen-bond donors (Lipinski definition) is 4. The van der Waals surface area contributed by atoms with Crippen molar-refractivity contribution in [1.82, 2.24) is 15.4 Å². The molecule has 9 heavy (non-hydrogen) atoms. The van der Waals surface area contributed by atoms with Crippen molar-refractivity contribution in [2.24, 2.45) is 5.73 Å². The summed E-state index contributed by atoms with van der Waals surface area (Å²) in [6.07, 6.45) is 2.19. The van der Waals surface area contributed by atoms with Crippen LogP contribution in [0.15, 0.2) is 6.20 Å². The van der Waals surface area contributed by atoms with Gasteiger partial charge in [0, 0.05) is 0 Å². The third kappa shape index (κ3) is 4.26. The first kappa shape index (κ1) is 7.41. The molecule has 0 aliphatic heterocycles. The third-order valence-corrected chi connectivity index (χ3v) is 0.434. The Kier molecular flexibility index (Phi) is 3.76. The first-order valence-corrected chi connectivity index (χ1v) is 2.13. The number of nitrogen functional groups attached to an aromatic ring is 1. The number of hydrogen-bond acceptors (Lipinski definition) is 4. The maximum atomic E-state index is 5.86. The summed E-state index contributed by atoms with van der Waals surface area (Å²) in [6.45, 7) is 0. The van der Waals surface area contributed by atoms with Crippen molar-refractivity contribution in [3.05, 3.63) is 6.20 Å². The van der Waals surface area contributed by atoms with Crippen LogP contribution >= 0.6 is 0 Å². The Balaban J connectivity index is 0.000000187. The highest BCUT2D eigenvalue weighted by Crippen LogP contribution is 1.81. The first-order valence-electron chi connectivity index (χ1n) is 2.13. The van der Waals surface area contributed by atoms with Gasteiger partial charge in [-0.15, -0.1) is 5.10 Å². The lowest BCUT2D eigenvalue weighted by Gasteiger charge is -1.65. The Hall–Kier alpha value is -1.59. The van der Waals surface area contributed by atoms with Gasteiger partial charge in [-0.25, -0.2) is 0 Å². The van der Waals surface area contributed by atoms with Crippen LogP contribution in [0.25, 0.3) is 0 Å². The summed E-state index contributed by atoms with van der Waals surface area (Å²) in [5.41, 5.74) is 9.46. The van der Waals surface area contributed by atoms with Gasteiger partial charge in [0.25, 0.3) is 0 Å². The Morgan fingerprint density at radius 2 is 2.33 bits per heavy atom. The predicted molar refractivity (Wildman–Crippen MR) is 33.8 cm³/mol. The highest BCUT2D eigenvalue weighted by Gasteiger charge is 1.76. The molecular formula is C3H8N6. The van der Waals surface area contributed by atoms with E-state index in [1.54, 1.807) is 0 Å². The van der Waals surface area contributed by atoms with E-state index in [1.165, 1.54) is 6.20 Å². The molecule has 0 fully saturated rings. The predicted octanol–water partition coefficient (Wildman–Crippen LogP) is -1.06. The van der Waals surface area contributed by atoms with Crippen LogP contribution in [0.5, 0.6) is 0 Å². The number of H-pyrrole nitrogens is 1. The SMILES string of the molecule is N=CN.Nc1cn[nH]n1. The van der Waals surface area contributed by atoms with Crippen molar-refractivity contribution in [1.29, 1.82) is 5.41 Å². The zero-order valence-electron chi connectivity index (χ0n) is 4.70. The van der Waals surface area contributed by atoms with Gasteiger partial charge in [-0.3, -0.25) is 5.41 Å². The molecule has 0 unspecified atom stereocenters. The Morgan fingerprint density at radius 1 is 1.78 bits per heavy atom. The van der Waals surface area contributed by atoms with Gasteiger partial charge in [0.1, 0.15) is 0 Å². The fourth-order valence-corrected chi connectivity index (χ4v) is 0.210. The number of nitrogens with one attached hydrogen (secondary N) is 2. The van der Waals surface area contributed by atoms with Gasteiger partial charge in [-0.1, -0.05) is 0 Å². The van der Waals surface area contributed by atoms with E-state index in [2.05, 4.69) is 21.1 Å². The van der Waals surface area contributed by atoms with Crippen molar-refractivity contribution in [3.8, 4) is 0 Å². The Morgan fingerprint density at radius 3 is 2.44 bits per heavy atom. The topological polar surface area (TPSA) is 117 Å². The maximum absolute atomic E-state index is 5.86. The summed E-state index contributed by atoms with van der Waals surface area (Å²) in [5.74, 6) is 0.426. The molecule has 0 atom stereocenters. The minimum atomic E-state index is 0.426. The molecule has 0 bridgehead atoms. The lowest BCUT2D eigenvalue weighted by Crippen LogP contribution is -1.81. The molecule has 1 aromatic rings. The largest absolute Gasteiger partial charge is 0.390 e. The van der Waals surface area contributed by atoms with Crippen molar-refractivity contribution >= 4 is 12.2 Å². The van der Waals surface area contributed by atoms with Crippen molar-refractivity contribution in [3.63, 3.8) is 0 Å². The number of anilines is 1. The fraction of sp³-hybridized carbons (Fsp3) is 0. The number of rotatable bonds is 0. The molecule has 0 saturated heterocycles. The van der Waals surface area contributed by atoms with Crippen LogP contribution < -0.4 is 11.5 Å². The zero-order chi connectivity index (χ0) is 7.11. The quantitative estimate of drug-likeness (QED) is 0.263. The van der Waals surface area contributed by atoms with E-state index < -0.39 is 0 Å². The van der Waals surface area contributed by atoms with Gasteiger partial charge in [0.15, 0.2) is 5.82 Å². The van der Waals surface area contributed by atoms with Crippen molar-refractivity contribution in [2.45, 2.75) is 0 Å². The molecular weight excluding hydrogens is 120 g/mol. The minimum Gasteiger partial charge on any atom is -0.390 e. The Labute approximate surface area is 51.8 Å². The second-order valence-corrected chi connectivity index (χ2v) is 1.06. The van der Waals surface area contributed by atoms with E-state index in [1.807, 2.05) is 0 Å². The summed E-state index contributed by atoms with van der Waals surface area (Å²) < 4.78 is 0. The lowest BCUT2D eigenvalue weighted by molar-refractivity contribution is 0.943. The van der Waals surface area contributed by atoms with Gasteiger partial charge in [-0.2, -0.15) is 10.3 Å². The highest BCUT2D eigenvalue weighted by atomic mass is 15.3. The average Bonchev–Trinajstić information content (AvgIpc) is 2.20. The smallest absolute Gasteiger partial charge is 0.165 e. The molecule has 0 aliphatic carbocycles. The van der Waals surface area contributed by atoms with Crippen molar-refractivity contribution < 1.29 is 0 Å². The van der Waals surface area contributed by atoms with E-state index in [-0.39, 0.29) is 0 Å². The normalized spacial score (nSPS) is 7.11.